The van der Waals surface area contributed by atoms with E-state index in [1.165, 1.54) is 0 Å². The first kappa shape index (κ1) is 45.6. The van der Waals surface area contributed by atoms with Crippen molar-refractivity contribution in [1.29, 1.82) is 10.5 Å². The molecular formula is C52H46N12O4. The molecule has 0 spiro atoms. The maximum absolute atomic E-state index is 13.4. The normalized spacial score (nSPS) is 11.0. The summed E-state index contributed by atoms with van der Waals surface area (Å²) in [6, 6.07) is 43.6. The first-order valence-electron chi connectivity index (χ1n) is 21.5. The van der Waals surface area contributed by atoms with E-state index in [2.05, 4.69) is 37.3 Å². The molecule has 6 heterocycles. The lowest BCUT2D eigenvalue weighted by Gasteiger charge is -2.28. The van der Waals surface area contributed by atoms with Gasteiger partial charge in [-0.15, -0.1) is 0 Å². The van der Waals surface area contributed by atoms with Crippen molar-refractivity contribution in [3.8, 4) is 57.8 Å². The molecule has 0 saturated heterocycles. The average molecular weight is 903 g/mol. The Morgan fingerprint density at radius 1 is 0.647 bits per heavy atom. The lowest BCUT2D eigenvalue weighted by Crippen LogP contribution is -2.36. The molecule has 9 rings (SSSR count). The topological polar surface area (TPSA) is 209 Å². The Kier molecular flexibility index (Phi) is 13.4. The predicted molar refractivity (Wildman–Crippen MR) is 257 cm³/mol. The summed E-state index contributed by atoms with van der Waals surface area (Å²) in [5, 5.41) is 29.2. The minimum absolute atomic E-state index is 0.211. The number of carbonyl (C=O) groups excluding carboxylic acids is 1. The van der Waals surface area contributed by atoms with E-state index in [4.69, 9.17) is 30.2 Å². The molecular weight excluding hydrogens is 857 g/mol. The second-order valence-corrected chi connectivity index (χ2v) is 16.4. The van der Waals surface area contributed by atoms with Gasteiger partial charge in [-0.05, 0) is 93.6 Å². The zero-order valence-corrected chi connectivity index (χ0v) is 38.0. The Labute approximate surface area is 392 Å². The highest BCUT2D eigenvalue weighted by Gasteiger charge is 2.24. The lowest BCUT2D eigenvalue weighted by atomic mass is 10.1. The van der Waals surface area contributed by atoms with Gasteiger partial charge in [-0.1, -0.05) is 48.5 Å². The molecule has 338 valence electrons. The molecule has 9 aromatic rings. The van der Waals surface area contributed by atoms with Crippen LogP contribution in [0.5, 0.6) is 11.5 Å². The van der Waals surface area contributed by atoms with Crippen LogP contribution in [0.2, 0.25) is 0 Å². The standard InChI is InChI=1S/C33H32N6O4.C19H14N6/c1-33(2,3)43-32(40)38(20-24-14-15-27(41-4)17-30(24)42-5)21-26-9-6-10-28(36-26)22-12-13-23-19-35-39(29(23)16-22)31-11-7-8-25(18-34)37-31;20-10-15-3-1-5-17(23-15)13-7-8-14-12-22-25(18(14)9-13)19-6-2-4-16(11-21)24-19/h6-17,19H,20-21H2,1-5H3;1-9,12H,10,20H2. The molecule has 6 aromatic heterocycles. The molecule has 0 aliphatic rings. The fourth-order valence-corrected chi connectivity index (χ4v) is 7.31. The van der Waals surface area contributed by atoms with Crippen LogP contribution in [0.25, 0.3) is 56.0 Å². The molecule has 0 radical (unpaired) electrons. The monoisotopic (exact) mass is 902 g/mol. The minimum atomic E-state index is -0.672. The highest BCUT2D eigenvalue weighted by Crippen LogP contribution is 2.29. The summed E-state index contributed by atoms with van der Waals surface area (Å²) in [7, 11) is 3.18. The molecule has 16 heteroatoms. The molecule has 68 heavy (non-hydrogen) atoms. The number of rotatable bonds is 11. The van der Waals surface area contributed by atoms with Gasteiger partial charge in [-0.3, -0.25) is 14.9 Å². The zero-order valence-electron chi connectivity index (χ0n) is 38.0. The van der Waals surface area contributed by atoms with Crippen LogP contribution in [0, 0.1) is 22.7 Å². The second kappa shape index (κ2) is 20.0. The van der Waals surface area contributed by atoms with Gasteiger partial charge in [0.1, 0.15) is 40.6 Å². The quantitative estimate of drug-likeness (QED) is 0.129. The van der Waals surface area contributed by atoms with E-state index in [9.17, 15) is 10.1 Å². The summed E-state index contributed by atoms with van der Waals surface area (Å²) >= 11 is 0. The number of fused-ring (bicyclic) bond motifs is 2. The number of pyridine rings is 4. The van der Waals surface area contributed by atoms with Crippen molar-refractivity contribution in [2.45, 2.75) is 46.0 Å². The molecule has 0 atom stereocenters. The first-order valence-corrected chi connectivity index (χ1v) is 21.5. The van der Waals surface area contributed by atoms with Gasteiger partial charge >= 0.3 is 6.09 Å². The van der Waals surface area contributed by atoms with E-state index in [-0.39, 0.29) is 13.1 Å². The molecule has 0 unspecified atom stereocenters. The number of hydrogen-bond acceptors (Lipinski definition) is 13. The minimum Gasteiger partial charge on any atom is -0.497 e. The molecule has 0 bridgehead atoms. The van der Waals surface area contributed by atoms with Gasteiger partial charge in [-0.25, -0.2) is 24.1 Å². The summed E-state index contributed by atoms with van der Waals surface area (Å²) in [6.45, 7) is 6.37. The molecule has 0 aliphatic heterocycles. The highest BCUT2D eigenvalue weighted by atomic mass is 16.6. The van der Waals surface area contributed by atoms with Crippen molar-refractivity contribution < 1.29 is 19.0 Å². The Balaban J connectivity index is 0.000000211. The van der Waals surface area contributed by atoms with E-state index in [1.807, 2.05) is 118 Å². The van der Waals surface area contributed by atoms with Gasteiger partial charge in [0.25, 0.3) is 0 Å². The highest BCUT2D eigenvalue weighted by molar-refractivity contribution is 5.86. The number of aromatic nitrogens is 8. The molecule has 0 fully saturated rings. The Morgan fingerprint density at radius 3 is 1.71 bits per heavy atom. The van der Waals surface area contributed by atoms with E-state index in [0.29, 0.717) is 46.8 Å². The third-order valence-electron chi connectivity index (χ3n) is 10.5. The van der Waals surface area contributed by atoms with Crippen LogP contribution in [-0.4, -0.2) is 70.3 Å². The van der Waals surface area contributed by atoms with Crippen molar-refractivity contribution in [1.82, 2.24) is 44.4 Å². The van der Waals surface area contributed by atoms with Crippen molar-refractivity contribution in [3.05, 3.63) is 168 Å². The summed E-state index contributed by atoms with van der Waals surface area (Å²) in [5.74, 6) is 2.42. The zero-order chi connectivity index (χ0) is 47.8. The van der Waals surface area contributed by atoms with Gasteiger partial charge < -0.3 is 19.9 Å². The number of carbonyl (C=O) groups is 1. The Morgan fingerprint density at radius 2 is 1.19 bits per heavy atom. The van der Waals surface area contributed by atoms with E-state index >= 15 is 0 Å². The largest absolute Gasteiger partial charge is 0.497 e. The maximum Gasteiger partial charge on any atom is 0.410 e. The molecule has 3 aromatic carbocycles. The number of benzene rings is 3. The smallest absolute Gasteiger partial charge is 0.410 e. The SMILES string of the molecule is COc1ccc(CN(Cc2cccc(-c3ccc4cnn(-c5cccc(C#N)n5)c4c3)n2)C(=O)OC(C)(C)C)c(OC)c1.N#Cc1cccc(-n2ncc3ccc(-c4cccc(CN)n4)cc32)n1. The van der Waals surface area contributed by atoms with Gasteiger partial charge in [0.15, 0.2) is 11.6 Å². The van der Waals surface area contributed by atoms with Crippen LogP contribution in [-0.2, 0) is 24.4 Å². The Bertz CT molecular complexity index is 3360. The van der Waals surface area contributed by atoms with E-state index < -0.39 is 11.7 Å². The lowest BCUT2D eigenvalue weighted by molar-refractivity contribution is 0.0213. The first-order chi connectivity index (χ1) is 32.9. The summed E-state index contributed by atoms with van der Waals surface area (Å²) in [6.07, 6.45) is 3.08. The number of amides is 1. The van der Waals surface area contributed by atoms with Gasteiger partial charge in [-0.2, -0.15) is 20.7 Å². The fraction of sp³-hybridized carbons (Fsp3) is 0.173. The van der Waals surface area contributed by atoms with Crippen molar-refractivity contribution in [2.24, 2.45) is 5.73 Å². The van der Waals surface area contributed by atoms with Crippen LogP contribution in [0.15, 0.2) is 140 Å². The number of hydrogen-bond donors (Lipinski definition) is 1. The number of nitriles is 2. The van der Waals surface area contributed by atoms with Gasteiger partial charge in [0.2, 0.25) is 0 Å². The summed E-state index contributed by atoms with van der Waals surface area (Å²) < 4.78 is 20.1. The third-order valence-corrected chi connectivity index (χ3v) is 10.5. The maximum atomic E-state index is 13.4. The molecule has 1 amide bonds. The van der Waals surface area contributed by atoms with Crippen LogP contribution >= 0.6 is 0 Å². The molecule has 0 saturated carbocycles. The molecule has 0 aliphatic carbocycles. The van der Waals surface area contributed by atoms with Gasteiger partial charge in [0, 0.05) is 40.1 Å². The van der Waals surface area contributed by atoms with Crippen LogP contribution in [0.1, 0.15) is 49.1 Å². The fourth-order valence-electron chi connectivity index (χ4n) is 7.31. The second-order valence-electron chi connectivity index (χ2n) is 16.4. The van der Waals surface area contributed by atoms with Crippen molar-refractivity contribution >= 4 is 27.9 Å². The van der Waals surface area contributed by atoms with E-state index in [0.717, 1.165) is 55.6 Å². The van der Waals surface area contributed by atoms with Crippen LogP contribution in [0.3, 0.4) is 0 Å². The molecule has 2 N–H and O–H groups in total. The van der Waals surface area contributed by atoms with Crippen molar-refractivity contribution in [2.75, 3.05) is 14.2 Å². The average Bonchev–Trinajstić information content (AvgIpc) is 4.00. The number of nitrogens with zero attached hydrogens (tertiary/aromatic N) is 11. The molecule has 16 nitrogen and oxygen atoms in total. The van der Waals surface area contributed by atoms with Crippen molar-refractivity contribution in [3.63, 3.8) is 0 Å². The third kappa shape index (κ3) is 10.4. The Hall–Kier alpha value is -8.99. The van der Waals surface area contributed by atoms with E-state index in [1.54, 1.807) is 71.2 Å². The number of methoxy groups -OCH3 is 2. The van der Waals surface area contributed by atoms with Gasteiger partial charge in [0.05, 0.1) is 73.5 Å². The summed E-state index contributed by atoms with van der Waals surface area (Å²) in [5.41, 5.74) is 13.2. The predicted octanol–water partition coefficient (Wildman–Crippen LogP) is 9.12. The number of nitrogens with two attached hydrogens (primary N) is 1. The number of ether oxygens (including phenoxy) is 3. The summed E-state index contributed by atoms with van der Waals surface area (Å²) in [4.78, 5) is 33.1. The van der Waals surface area contributed by atoms with Crippen LogP contribution in [0.4, 0.5) is 4.79 Å². The van der Waals surface area contributed by atoms with Crippen LogP contribution < -0.4 is 15.2 Å².